The maximum absolute atomic E-state index is 13.4. The molecular weight excluding hydrogens is 406 g/mol. The Bertz CT molecular complexity index is 992. The van der Waals surface area contributed by atoms with E-state index in [4.69, 9.17) is 16.3 Å². The molecule has 0 N–H and O–H groups in total. The summed E-state index contributed by atoms with van der Waals surface area (Å²) in [5, 5.41) is 1.28. The molecule has 0 radical (unpaired) electrons. The summed E-state index contributed by atoms with van der Waals surface area (Å²) in [7, 11) is 1.60. The summed E-state index contributed by atoms with van der Waals surface area (Å²) in [6.45, 7) is 2.14. The first kappa shape index (κ1) is 20.2. The second-order valence-corrected chi connectivity index (χ2v) is 7.69. The van der Waals surface area contributed by atoms with Gasteiger partial charge in [0.15, 0.2) is 11.6 Å². The number of carbonyl (C=O) groups excluding carboxylic acids is 1. The molecule has 146 valence electrons. The molecule has 0 saturated carbocycles. The van der Waals surface area contributed by atoms with Crippen LogP contribution in [0.1, 0.15) is 25.9 Å². The Morgan fingerprint density at radius 1 is 1.18 bits per heavy atom. The summed E-state index contributed by atoms with van der Waals surface area (Å²) in [5.41, 5.74) is 1.10. The van der Waals surface area contributed by atoms with E-state index in [1.54, 1.807) is 38.2 Å². The van der Waals surface area contributed by atoms with Crippen LogP contribution < -0.4 is 4.74 Å². The second-order valence-electron chi connectivity index (χ2n) is 6.17. The van der Waals surface area contributed by atoms with Gasteiger partial charge in [0.2, 0.25) is 0 Å². The van der Waals surface area contributed by atoms with E-state index in [1.807, 2.05) is 0 Å². The van der Waals surface area contributed by atoms with Crippen molar-refractivity contribution in [3.8, 4) is 5.75 Å². The van der Waals surface area contributed by atoms with Crippen molar-refractivity contribution in [2.45, 2.75) is 20.1 Å². The minimum atomic E-state index is -0.936. The van der Waals surface area contributed by atoms with Gasteiger partial charge >= 0.3 is 0 Å². The number of ether oxygens (including phenoxy) is 1. The molecule has 3 aromatic rings. The fraction of sp³-hybridized carbons (Fsp3) is 0.200. The third-order valence-corrected chi connectivity index (χ3v) is 5.33. The van der Waals surface area contributed by atoms with Crippen LogP contribution in [0.15, 0.2) is 42.5 Å². The van der Waals surface area contributed by atoms with Crippen LogP contribution >= 0.6 is 22.9 Å². The number of hydrogen-bond donors (Lipinski definition) is 0. The van der Waals surface area contributed by atoms with Crippen LogP contribution in [0.5, 0.6) is 5.75 Å². The molecule has 28 heavy (non-hydrogen) atoms. The molecule has 4 nitrogen and oxygen atoms in total. The Hall–Kier alpha value is -2.51. The number of amides is 1. The SMILES string of the molecule is Cc1nc(COc2ccc(Cl)cc2)sc1C(=O)N(C)Cc1ccc(F)c(F)c1. The van der Waals surface area contributed by atoms with Crippen LogP contribution in [0.4, 0.5) is 8.78 Å². The molecular formula is C20H17ClF2N2O2S. The zero-order valence-electron chi connectivity index (χ0n) is 15.2. The molecule has 0 aliphatic rings. The molecule has 3 rings (SSSR count). The van der Waals surface area contributed by atoms with E-state index < -0.39 is 11.6 Å². The van der Waals surface area contributed by atoms with E-state index in [0.29, 0.717) is 31.9 Å². The van der Waals surface area contributed by atoms with Crippen molar-refractivity contribution in [1.29, 1.82) is 0 Å². The van der Waals surface area contributed by atoms with E-state index in [1.165, 1.54) is 22.3 Å². The first-order valence-corrected chi connectivity index (χ1v) is 9.57. The molecule has 0 unspecified atom stereocenters. The van der Waals surface area contributed by atoms with Gasteiger partial charge in [-0.1, -0.05) is 17.7 Å². The number of carbonyl (C=O) groups is 1. The number of rotatable bonds is 6. The molecule has 1 aromatic heterocycles. The number of nitrogens with zero attached hydrogens (tertiary/aromatic N) is 2. The number of halogens is 3. The van der Waals surface area contributed by atoms with E-state index in [-0.39, 0.29) is 19.1 Å². The number of hydrogen-bond acceptors (Lipinski definition) is 4. The minimum absolute atomic E-state index is 0.157. The molecule has 8 heteroatoms. The van der Waals surface area contributed by atoms with E-state index in [0.717, 1.165) is 12.1 Å². The molecule has 0 spiro atoms. The smallest absolute Gasteiger partial charge is 0.265 e. The van der Waals surface area contributed by atoms with Gasteiger partial charge in [0.1, 0.15) is 22.2 Å². The lowest BCUT2D eigenvalue weighted by molar-refractivity contribution is 0.0788. The van der Waals surface area contributed by atoms with Crippen LogP contribution in [0.2, 0.25) is 5.02 Å². The van der Waals surface area contributed by atoms with E-state index >= 15 is 0 Å². The lowest BCUT2D eigenvalue weighted by Crippen LogP contribution is -2.26. The normalized spacial score (nSPS) is 10.8. The van der Waals surface area contributed by atoms with Crippen molar-refractivity contribution >= 4 is 28.8 Å². The largest absolute Gasteiger partial charge is 0.486 e. The van der Waals surface area contributed by atoms with Crippen LogP contribution in [0.25, 0.3) is 0 Å². The first-order chi connectivity index (χ1) is 13.3. The Balaban J connectivity index is 1.66. The molecule has 0 atom stereocenters. The predicted molar refractivity (Wildman–Crippen MR) is 105 cm³/mol. The lowest BCUT2D eigenvalue weighted by Gasteiger charge is -2.16. The number of aromatic nitrogens is 1. The quantitative estimate of drug-likeness (QED) is 0.546. The number of thiazole rings is 1. The summed E-state index contributed by atoms with van der Waals surface area (Å²) in [6.07, 6.45) is 0. The summed E-state index contributed by atoms with van der Waals surface area (Å²) >= 11 is 7.09. The predicted octanol–water partition coefficient (Wildman–Crippen LogP) is 5.23. The zero-order chi connectivity index (χ0) is 20.3. The second kappa shape index (κ2) is 8.67. The number of aryl methyl sites for hydroxylation is 1. The highest BCUT2D eigenvalue weighted by atomic mass is 35.5. The summed E-state index contributed by atoms with van der Waals surface area (Å²) in [5.74, 6) is -1.44. The first-order valence-electron chi connectivity index (χ1n) is 8.37. The van der Waals surface area contributed by atoms with Crippen LogP contribution in [-0.2, 0) is 13.2 Å². The third-order valence-electron chi connectivity index (χ3n) is 3.96. The van der Waals surface area contributed by atoms with Crippen LogP contribution in [0.3, 0.4) is 0 Å². The van der Waals surface area contributed by atoms with Crippen molar-refractivity contribution in [2.75, 3.05) is 7.05 Å². The summed E-state index contributed by atoms with van der Waals surface area (Å²) in [4.78, 5) is 19.0. The van der Waals surface area contributed by atoms with Gasteiger partial charge in [-0.25, -0.2) is 13.8 Å². The molecule has 0 fully saturated rings. The monoisotopic (exact) mass is 422 g/mol. The van der Waals surface area contributed by atoms with E-state index in [2.05, 4.69) is 4.98 Å². The maximum Gasteiger partial charge on any atom is 0.265 e. The fourth-order valence-corrected chi connectivity index (χ4v) is 3.64. The Labute approximate surface area is 170 Å². The van der Waals surface area contributed by atoms with Crippen LogP contribution in [0, 0.1) is 18.6 Å². The van der Waals surface area contributed by atoms with Gasteiger partial charge in [0.25, 0.3) is 5.91 Å². The highest BCUT2D eigenvalue weighted by molar-refractivity contribution is 7.13. The highest BCUT2D eigenvalue weighted by Crippen LogP contribution is 2.23. The molecule has 1 amide bonds. The Morgan fingerprint density at radius 2 is 1.89 bits per heavy atom. The lowest BCUT2D eigenvalue weighted by atomic mass is 10.2. The minimum Gasteiger partial charge on any atom is -0.486 e. The van der Waals surface area contributed by atoms with Gasteiger partial charge in [-0.3, -0.25) is 4.79 Å². The van der Waals surface area contributed by atoms with Crippen molar-refractivity contribution in [2.24, 2.45) is 0 Å². The average molecular weight is 423 g/mol. The molecule has 0 bridgehead atoms. The summed E-state index contributed by atoms with van der Waals surface area (Å²) < 4.78 is 32.1. The highest BCUT2D eigenvalue weighted by Gasteiger charge is 2.20. The fourth-order valence-electron chi connectivity index (χ4n) is 2.55. The Kier molecular flexibility index (Phi) is 6.26. The number of benzene rings is 2. The maximum atomic E-state index is 13.4. The Morgan fingerprint density at radius 3 is 2.57 bits per heavy atom. The van der Waals surface area contributed by atoms with Crippen molar-refractivity contribution < 1.29 is 18.3 Å². The van der Waals surface area contributed by atoms with Gasteiger partial charge in [-0.2, -0.15) is 0 Å². The zero-order valence-corrected chi connectivity index (χ0v) is 16.8. The van der Waals surface area contributed by atoms with Crippen molar-refractivity contribution in [1.82, 2.24) is 9.88 Å². The van der Waals surface area contributed by atoms with Crippen molar-refractivity contribution in [3.63, 3.8) is 0 Å². The molecule has 0 aliphatic heterocycles. The van der Waals surface area contributed by atoms with Gasteiger partial charge in [-0.05, 0) is 48.9 Å². The molecule has 1 heterocycles. The standard InChI is InChI=1S/C20H17ClF2N2O2S/c1-12-19(20(26)25(2)10-13-3-8-16(22)17(23)9-13)28-18(24-12)11-27-15-6-4-14(21)5-7-15/h3-9H,10-11H2,1-2H3. The van der Waals surface area contributed by atoms with Crippen LogP contribution in [-0.4, -0.2) is 22.8 Å². The van der Waals surface area contributed by atoms with E-state index in [9.17, 15) is 13.6 Å². The third kappa shape index (κ3) is 4.85. The topological polar surface area (TPSA) is 42.4 Å². The average Bonchev–Trinajstić information content (AvgIpc) is 3.04. The van der Waals surface area contributed by atoms with Gasteiger partial charge in [0.05, 0.1) is 5.69 Å². The molecule has 2 aromatic carbocycles. The molecule has 0 aliphatic carbocycles. The summed E-state index contributed by atoms with van der Waals surface area (Å²) in [6, 6.07) is 10.6. The van der Waals surface area contributed by atoms with Crippen molar-refractivity contribution in [3.05, 3.63) is 80.3 Å². The molecule has 0 saturated heterocycles. The van der Waals surface area contributed by atoms with Gasteiger partial charge in [-0.15, -0.1) is 11.3 Å². The van der Waals surface area contributed by atoms with Gasteiger partial charge in [0, 0.05) is 18.6 Å². The van der Waals surface area contributed by atoms with Gasteiger partial charge < -0.3 is 9.64 Å².